The fourth-order valence-corrected chi connectivity index (χ4v) is 5.25. The van der Waals surface area contributed by atoms with Gasteiger partial charge in [-0.3, -0.25) is 0 Å². The first-order chi connectivity index (χ1) is 10.7. The molecule has 3 aliphatic rings. The van der Waals surface area contributed by atoms with Crippen molar-refractivity contribution in [2.75, 3.05) is 6.61 Å². The summed E-state index contributed by atoms with van der Waals surface area (Å²) in [4.78, 5) is 0. The molecule has 0 bridgehead atoms. The highest BCUT2D eigenvalue weighted by molar-refractivity contribution is 4.81. The van der Waals surface area contributed by atoms with E-state index in [1.165, 1.54) is 77.0 Å². The third-order valence-corrected chi connectivity index (χ3v) is 7.15. The molecule has 0 atom stereocenters. The van der Waals surface area contributed by atoms with E-state index in [0.29, 0.717) is 6.10 Å². The molecule has 0 saturated heterocycles. The number of ether oxygens (including phenoxy) is 1. The maximum atomic E-state index is 6.27. The van der Waals surface area contributed by atoms with Crippen LogP contribution in [0.15, 0.2) is 0 Å². The molecule has 3 saturated carbocycles. The van der Waals surface area contributed by atoms with Gasteiger partial charge in [-0.15, -0.1) is 0 Å². The Bertz CT molecular complexity index is 302. The van der Waals surface area contributed by atoms with Gasteiger partial charge in [-0.2, -0.15) is 0 Å². The molecule has 0 N–H and O–H groups in total. The number of hydrogen-bond acceptors (Lipinski definition) is 1. The summed E-state index contributed by atoms with van der Waals surface area (Å²) in [5, 5.41) is 0. The molecule has 0 unspecified atom stereocenters. The zero-order chi connectivity index (χ0) is 15.4. The molecule has 22 heavy (non-hydrogen) atoms. The average Bonchev–Trinajstić information content (AvgIpc) is 2.56. The van der Waals surface area contributed by atoms with Gasteiger partial charge in [0.15, 0.2) is 0 Å². The lowest BCUT2D eigenvalue weighted by Gasteiger charge is -2.37. The van der Waals surface area contributed by atoms with Crippen LogP contribution in [-0.2, 0) is 4.74 Å². The molecule has 3 aliphatic carbocycles. The Labute approximate surface area is 138 Å². The van der Waals surface area contributed by atoms with Crippen LogP contribution in [0.1, 0.15) is 90.9 Å². The largest absolute Gasteiger partial charge is 0.378 e. The van der Waals surface area contributed by atoms with E-state index in [0.717, 1.165) is 36.2 Å². The molecule has 0 aliphatic heterocycles. The van der Waals surface area contributed by atoms with E-state index in [-0.39, 0.29) is 0 Å². The maximum absolute atomic E-state index is 6.27. The standard InChI is InChI=1S/C21H38O/c1-16-3-9-19(10-4-16)20-11-7-18(8-12-20)15-22-21-13-5-17(2)6-14-21/h16-21H,3-15H2,1-2H3. The van der Waals surface area contributed by atoms with Crippen molar-refractivity contribution in [3.63, 3.8) is 0 Å². The van der Waals surface area contributed by atoms with Crippen LogP contribution in [0.2, 0.25) is 0 Å². The van der Waals surface area contributed by atoms with Crippen molar-refractivity contribution >= 4 is 0 Å². The van der Waals surface area contributed by atoms with Crippen molar-refractivity contribution in [3.05, 3.63) is 0 Å². The fourth-order valence-electron chi connectivity index (χ4n) is 5.25. The van der Waals surface area contributed by atoms with Crippen LogP contribution < -0.4 is 0 Å². The summed E-state index contributed by atoms with van der Waals surface area (Å²) in [5.74, 6) is 4.93. The van der Waals surface area contributed by atoms with Gasteiger partial charge >= 0.3 is 0 Å². The first-order valence-corrected chi connectivity index (χ1v) is 10.3. The lowest BCUT2D eigenvalue weighted by Crippen LogP contribution is -2.28. The van der Waals surface area contributed by atoms with Gasteiger partial charge in [-0.1, -0.05) is 26.7 Å². The molecule has 3 rings (SSSR count). The SMILES string of the molecule is CC1CCC(OCC2CCC(C3CCC(C)CC3)CC2)CC1. The van der Waals surface area contributed by atoms with Gasteiger partial charge in [0.1, 0.15) is 0 Å². The summed E-state index contributed by atoms with van der Waals surface area (Å²) in [7, 11) is 0. The normalized spacial score (nSPS) is 43.9. The molecule has 0 aromatic rings. The maximum Gasteiger partial charge on any atom is 0.0575 e. The number of hydrogen-bond donors (Lipinski definition) is 0. The van der Waals surface area contributed by atoms with Crippen molar-refractivity contribution < 1.29 is 4.74 Å². The Hall–Kier alpha value is -0.0400. The fraction of sp³-hybridized carbons (Fsp3) is 1.00. The van der Waals surface area contributed by atoms with Gasteiger partial charge < -0.3 is 4.74 Å². The predicted molar refractivity (Wildman–Crippen MR) is 93.9 cm³/mol. The molecule has 3 fully saturated rings. The van der Waals surface area contributed by atoms with Gasteiger partial charge in [0.05, 0.1) is 6.10 Å². The Kier molecular flexibility index (Phi) is 6.24. The van der Waals surface area contributed by atoms with Crippen LogP contribution in [0, 0.1) is 29.6 Å². The zero-order valence-electron chi connectivity index (χ0n) is 15.1. The minimum absolute atomic E-state index is 0.591. The minimum atomic E-state index is 0.591. The van der Waals surface area contributed by atoms with Crippen molar-refractivity contribution in [2.45, 2.75) is 97.0 Å². The molecule has 0 amide bonds. The minimum Gasteiger partial charge on any atom is -0.378 e. The highest BCUT2D eigenvalue weighted by atomic mass is 16.5. The summed E-state index contributed by atoms with van der Waals surface area (Å²) in [5.41, 5.74) is 0. The van der Waals surface area contributed by atoms with Crippen molar-refractivity contribution in [1.29, 1.82) is 0 Å². The summed E-state index contributed by atoms with van der Waals surface area (Å²) >= 11 is 0. The van der Waals surface area contributed by atoms with E-state index in [1.807, 2.05) is 0 Å². The van der Waals surface area contributed by atoms with Crippen LogP contribution in [0.4, 0.5) is 0 Å². The molecule has 0 aromatic carbocycles. The third-order valence-electron chi connectivity index (χ3n) is 7.15. The molecule has 0 heterocycles. The highest BCUT2D eigenvalue weighted by Gasteiger charge is 2.30. The van der Waals surface area contributed by atoms with Crippen molar-refractivity contribution in [3.8, 4) is 0 Å². The zero-order valence-corrected chi connectivity index (χ0v) is 15.1. The number of rotatable bonds is 4. The first-order valence-electron chi connectivity index (χ1n) is 10.3. The summed E-state index contributed by atoms with van der Waals surface area (Å²) in [6.45, 7) is 5.90. The van der Waals surface area contributed by atoms with E-state index in [4.69, 9.17) is 4.74 Å². The van der Waals surface area contributed by atoms with Crippen molar-refractivity contribution in [1.82, 2.24) is 0 Å². The molecule has 0 aromatic heterocycles. The van der Waals surface area contributed by atoms with Crippen molar-refractivity contribution in [2.24, 2.45) is 29.6 Å². The Morgan fingerprint density at radius 3 is 1.59 bits per heavy atom. The lowest BCUT2D eigenvalue weighted by atomic mass is 9.69. The Morgan fingerprint density at radius 1 is 0.591 bits per heavy atom. The second kappa shape index (κ2) is 8.18. The predicted octanol–water partition coefficient (Wildman–Crippen LogP) is 6.21. The van der Waals surface area contributed by atoms with Crippen LogP contribution >= 0.6 is 0 Å². The highest BCUT2D eigenvalue weighted by Crippen LogP contribution is 2.41. The quantitative estimate of drug-likeness (QED) is 0.599. The second-order valence-electron chi connectivity index (χ2n) is 9.02. The van der Waals surface area contributed by atoms with Gasteiger partial charge in [0.25, 0.3) is 0 Å². The Morgan fingerprint density at radius 2 is 1.05 bits per heavy atom. The smallest absolute Gasteiger partial charge is 0.0575 e. The van der Waals surface area contributed by atoms with Gasteiger partial charge in [-0.05, 0) is 93.8 Å². The second-order valence-corrected chi connectivity index (χ2v) is 9.02. The molecule has 1 heteroatoms. The van der Waals surface area contributed by atoms with Crippen LogP contribution in [0.5, 0.6) is 0 Å². The Balaban J connectivity index is 1.32. The summed E-state index contributed by atoms with van der Waals surface area (Å²) < 4.78 is 6.27. The monoisotopic (exact) mass is 306 g/mol. The molecule has 0 spiro atoms. The first kappa shape index (κ1) is 16.8. The van der Waals surface area contributed by atoms with Crippen LogP contribution in [0.3, 0.4) is 0 Å². The molecule has 128 valence electrons. The summed E-state index contributed by atoms with van der Waals surface area (Å²) in [6, 6.07) is 0. The van der Waals surface area contributed by atoms with E-state index >= 15 is 0 Å². The molecular weight excluding hydrogens is 268 g/mol. The average molecular weight is 307 g/mol. The lowest BCUT2D eigenvalue weighted by molar-refractivity contribution is -0.0110. The molecular formula is C21H38O. The summed E-state index contributed by atoms with van der Waals surface area (Å²) in [6.07, 6.45) is 17.9. The van der Waals surface area contributed by atoms with E-state index in [1.54, 1.807) is 0 Å². The van der Waals surface area contributed by atoms with Gasteiger partial charge in [-0.25, -0.2) is 0 Å². The van der Waals surface area contributed by atoms with Gasteiger partial charge in [0, 0.05) is 6.61 Å². The van der Waals surface area contributed by atoms with E-state index in [2.05, 4.69) is 13.8 Å². The van der Waals surface area contributed by atoms with E-state index in [9.17, 15) is 0 Å². The topological polar surface area (TPSA) is 9.23 Å². The van der Waals surface area contributed by atoms with E-state index < -0.39 is 0 Å². The molecule has 1 nitrogen and oxygen atoms in total. The van der Waals surface area contributed by atoms with Crippen LogP contribution in [0.25, 0.3) is 0 Å². The van der Waals surface area contributed by atoms with Gasteiger partial charge in [0.2, 0.25) is 0 Å². The van der Waals surface area contributed by atoms with Crippen LogP contribution in [-0.4, -0.2) is 12.7 Å². The third kappa shape index (κ3) is 4.73. The molecule has 0 radical (unpaired) electrons.